The van der Waals surface area contributed by atoms with E-state index in [1.807, 2.05) is 0 Å². The summed E-state index contributed by atoms with van der Waals surface area (Å²) in [6, 6.07) is 4.54. The van der Waals surface area contributed by atoms with E-state index in [-0.39, 0.29) is 5.56 Å². The largest absolute Gasteiger partial charge is 0.334 e. The number of benzene rings is 1. The fraction of sp³-hybridized carbons (Fsp3) is 0.0909. The van der Waals surface area contributed by atoms with Gasteiger partial charge in [0, 0.05) is 12.6 Å². The molecule has 0 aliphatic rings. The molecule has 0 spiro atoms. The van der Waals surface area contributed by atoms with Crippen molar-refractivity contribution >= 4 is 6.29 Å². The average Bonchev–Trinajstić information content (AvgIpc) is 2.64. The molecule has 76 valence electrons. The maximum Gasteiger partial charge on any atom is 0.153 e. The number of hydrogen-bond donors (Lipinski definition) is 0. The first-order chi connectivity index (χ1) is 7.24. The normalized spacial score (nSPS) is 10.3. The molecule has 0 atom stereocenters. The molecule has 0 saturated carbocycles. The Morgan fingerprint density at radius 1 is 1.47 bits per heavy atom. The minimum absolute atomic E-state index is 0.0705. The molecule has 4 heteroatoms. The van der Waals surface area contributed by atoms with Gasteiger partial charge in [-0.2, -0.15) is 0 Å². The maximum atomic E-state index is 13.3. The lowest BCUT2D eigenvalue weighted by Crippen LogP contribution is -1.96. The number of aldehydes is 1. The van der Waals surface area contributed by atoms with Crippen LogP contribution in [0, 0.1) is 5.82 Å². The number of carbonyl (C=O) groups excluding carboxylic acids is 1. The van der Waals surface area contributed by atoms with Gasteiger partial charge < -0.3 is 4.57 Å². The third-order valence-corrected chi connectivity index (χ3v) is 2.26. The van der Waals surface area contributed by atoms with E-state index in [0.717, 1.165) is 5.69 Å². The van der Waals surface area contributed by atoms with Gasteiger partial charge in [-0.05, 0) is 6.07 Å². The summed E-state index contributed by atoms with van der Waals surface area (Å²) in [5.41, 5.74) is 1.35. The molecule has 3 nitrogen and oxygen atoms in total. The van der Waals surface area contributed by atoms with Crippen LogP contribution in [0.1, 0.15) is 10.4 Å². The summed E-state index contributed by atoms with van der Waals surface area (Å²) in [5.74, 6) is -0.510. The Balaban J connectivity index is 2.68. The lowest BCUT2D eigenvalue weighted by molar-refractivity contribution is 0.112. The second-order valence-corrected chi connectivity index (χ2v) is 3.21. The molecule has 0 saturated heterocycles. The lowest BCUT2D eigenvalue weighted by atomic mass is 10.1. The molecule has 0 aliphatic carbocycles. The van der Waals surface area contributed by atoms with Crippen LogP contribution in [-0.2, 0) is 7.05 Å². The second-order valence-electron chi connectivity index (χ2n) is 3.21. The first-order valence-corrected chi connectivity index (χ1v) is 4.44. The van der Waals surface area contributed by atoms with Crippen LogP contribution >= 0.6 is 0 Å². The highest BCUT2D eigenvalue weighted by Crippen LogP contribution is 2.23. The van der Waals surface area contributed by atoms with Gasteiger partial charge in [-0.15, -0.1) is 0 Å². The molecule has 0 radical (unpaired) electrons. The number of imidazole rings is 1. The van der Waals surface area contributed by atoms with E-state index in [9.17, 15) is 9.18 Å². The van der Waals surface area contributed by atoms with Crippen LogP contribution in [0.5, 0.6) is 0 Å². The van der Waals surface area contributed by atoms with Crippen LogP contribution in [0.3, 0.4) is 0 Å². The van der Waals surface area contributed by atoms with Crippen molar-refractivity contribution in [3.05, 3.63) is 42.1 Å². The highest BCUT2D eigenvalue weighted by atomic mass is 19.1. The van der Waals surface area contributed by atoms with Gasteiger partial charge in [-0.25, -0.2) is 9.37 Å². The minimum atomic E-state index is -0.510. The highest BCUT2D eigenvalue weighted by molar-refractivity contribution is 5.86. The van der Waals surface area contributed by atoms with Crippen molar-refractivity contribution in [3.8, 4) is 11.3 Å². The van der Waals surface area contributed by atoms with Crippen LogP contribution in [0.25, 0.3) is 11.3 Å². The number of aryl methyl sites for hydroxylation is 1. The van der Waals surface area contributed by atoms with Crippen LogP contribution in [0.4, 0.5) is 4.39 Å². The van der Waals surface area contributed by atoms with E-state index in [2.05, 4.69) is 4.98 Å². The molecule has 2 rings (SSSR count). The van der Waals surface area contributed by atoms with Crippen molar-refractivity contribution in [2.24, 2.45) is 7.05 Å². The van der Waals surface area contributed by atoms with Crippen molar-refractivity contribution in [1.29, 1.82) is 0 Å². The fourth-order valence-corrected chi connectivity index (χ4v) is 1.50. The smallest absolute Gasteiger partial charge is 0.153 e. The van der Waals surface area contributed by atoms with Gasteiger partial charge in [0.1, 0.15) is 5.82 Å². The van der Waals surface area contributed by atoms with Crippen molar-refractivity contribution in [2.75, 3.05) is 0 Å². The number of nitrogens with zero attached hydrogens (tertiary/aromatic N) is 2. The first kappa shape index (κ1) is 9.58. The van der Waals surface area contributed by atoms with Gasteiger partial charge in [-0.3, -0.25) is 4.79 Å². The zero-order chi connectivity index (χ0) is 10.8. The molecule has 0 N–H and O–H groups in total. The Kier molecular flexibility index (Phi) is 2.33. The van der Waals surface area contributed by atoms with E-state index in [0.29, 0.717) is 11.8 Å². The van der Waals surface area contributed by atoms with Crippen molar-refractivity contribution in [2.45, 2.75) is 0 Å². The molecule has 2 aromatic rings. The van der Waals surface area contributed by atoms with E-state index in [4.69, 9.17) is 0 Å². The summed E-state index contributed by atoms with van der Waals surface area (Å²) in [6.07, 6.45) is 3.73. The van der Waals surface area contributed by atoms with Crippen molar-refractivity contribution < 1.29 is 9.18 Å². The summed E-state index contributed by atoms with van der Waals surface area (Å²) in [4.78, 5) is 14.7. The molecule has 15 heavy (non-hydrogen) atoms. The van der Waals surface area contributed by atoms with Crippen molar-refractivity contribution in [3.63, 3.8) is 0 Å². The van der Waals surface area contributed by atoms with Crippen LogP contribution in [0.2, 0.25) is 0 Å². The molecule has 0 unspecified atom stereocenters. The SMILES string of the molecule is Cn1cncc1-c1cccc(F)c1C=O. The predicted octanol–water partition coefficient (Wildman–Crippen LogP) is 2.04. The Morgan fingerprint density at radius 3 is 2.87 bits per heavy atom. The van der Waals surface area contributed by atoms with Gasteiger partial charge in [-0.1, -0.05) is 12.1 Å². The Hall–Kier alpha value is -1.97. The molecule has 1 heterocycles. The predicted molar refractivity (Wildman–Crippen MR) is 54.0 cm³/mol. The molecule has 0 amide bonds. The molecular formula is C11H9FN2O. The third-order valence-electron chi connectivity index (χ3n) is 2.26. The van der Waals surface area contributed by atoms with E-state index < -0.39 is 5.82 Å². The number of rotatable bonds is 2. The molecule has 0 bridgehead atoms. The van der Waals surface area contributed by atoms with E-state index >= 15 is 0 Å². The topological polar surface area (TPSA) is 34.9 Å². The standard InChI is InChI=1S/C11H9FN2O/c1-14-7-13-5-11(14)8-3-2-4-10(12)9(8)6-15/h2-7H,1H3. The lowest BCUT2D eigenvalue weighted by Gasteiger charge is -2.05. The van der Waals surface area contributed by atoms with Gasteiger partial charge in [0.15, 0.2) is 6.29 Å². The molecule has 0 fully saturated rings. The Labute approximate surface area is 86.2 Å². The Bertz CT molecular complexity index is 505. The summed E-state index contributed by atoms with van der Waals surface area (Å²) in [6.45, 7) is 0. The molecule has 1 aromatic carbocycles. The number of halogens is 1. The number of hydrogen-bond acceptors (Lipinski definition) is 2. The zero-order valence-electron chi connectivity index (χ0n) is 8.14. The van der Waals surface area contributed by atoms with Gasteiger partial charge in [0.05, 0.1) is 23.8 Å². The summed E-state index contributed by atoms with van der Waals surface area (Å²) in [5, 5.41) is 0. The fourth-order valence-electron chi connectivity index (χ4n) is 1.50. The third kappa shape index (κ3) is 1.54. The molecular weight excluding hydrogens is 195 g/mol. The number of aromatic nitrogens is 2. The number of carbonyl (C=O) groups is 1. The van der Waals surface area contributed by atoms with Crippen LogP contribution in [-0.4, -0.2) is 15.8 Å². The Morgan fingerprint density at radius 2 is 2.27 bits per heavy atom. The minimum Gasteiger partial charge on any atom is -0.334 e. The van der Waals surface area contributed by atoms with Crippen LogP contribution in [0.15, 0.2) is 30.7 Å². The average molecular weight is 204 g/mol. The van der Waals surface area contributed by atoms with Crippen molar-refractivity contribution in [1.82, 2.24) is 9.55 Å². The summed E-state index contributed by atoms with van der Waals surface area (Å²) < 4.78 is 15.1. The molecule has 0 aliphatic heterocycles. The monoisotopic (exact) mass is 204 g/mol. The quantitative estimate of drug-likeness (QED) is 0.701. The summed E-state index contributed by atoms with van der Waals surface area (Å²) >= 11 is 0. The maximum absolute atomic E-state index is 13.3. The van der Waals surface area contributed by atoms with E-state index in [1.165, 1.54) is 6.07 Å². The highest BCUT2D eigenvalue weighted by Gasteiger charge is 2.11. The van der Waals surface area contributed by atoms with Crippen LogP contribution < -0.4 is 0 Å². The van der Waals surface area contributed by atoms with Gasteiger partial charge in [0.2, 0.25) is 0 Å². The second kappa shape index (κ2) is 3.65. The zero-order valence-corrected chi connectivity index (χ0v) is 8.14. The van der Waals surface area contributed by atoms with E-state index in [1.54, 1.807) is 36.3 Å². The first-order valence-electron chi connectivity index (χ1n) is 4.44. The van der Waals surface area contributed by atoms with Gasteiger partial charge in [0.25, 0.3) is 0 Å². The van der Waals surface area contributed by atoms with Gasteiger partial charge >= 0.3 is 0 Å². The molecule has 1 aromatic heterocycles. The summed E-state index contributed by atoms with van der Waals surface area (Å²) in [7, 11) is 1.79.